The second-order valence-electron chi connectivity index (χ2n) is 6.56. The number of hydrogen-bond donors (Lipinski definition) is 0. The van der Waals surface area contributed by atoms with Crippen molar-refractivity contribution >= 4 is 14.4 Å². The van der Waals surface area contributed by atoms with Crippen molar-refractivity contribution < 1.29 is 14.3 Å². The first-order chi connectivity index (χ1) is 9.96. The third-order valence-electron chi connectivity index (χ3n) is 3.35. The number of carbonyl (C=O) groups excluding carboxylic acids is 1. The average molecular weight is 308 g/mol. The van der Waals surface area contributed by atoms with E-state index in [0.29, 0.717) is 0 Å². The van der Waals surface area contributed by atoms with E-state index in [9.17, 15) is 4.79 Å². The van der Waals surface area contributed by atoms with Crippen LogP contribution in [0.3, 0.4) is 0 Å². The number of benzene rings is 1. The van der Waals surface area contributed by atoms with Gasteiger partial charge in [0.05, 0.1) is 0 Å². The Bertz CT molecular complexity index is 438. The highest BCUT2D eigenvalue weighted by Crippen LogP contribution is 2.19. The van der Waals surface area contributed by atoms with E-state index >= 15 is 0 Å². The van der Waals surface area contributed by atoms with Gasteiger partial charge in [0.25, 0.3) is 0 Å². The number of ether oxygens (including phenoxy) is 2. The fourth-order valence-corrected chi connectivity index (χ4v) is 2.67. The molecule has 0 spiro atoms. The Balaban J connectivity index is 2.46. The minimum atomic E-state index is -1.04. The van der Waals surface area contributed by atoms with E-state index in [0.717, 1.165) is 55.1 Å². The van der Waals surface area contributed by atoms with E-state index in [-0.39, 0.29) is 6.79 Å². The Kier molecular flexibility index (Phi) is 7.68. The van der Waals surface area contributed by atoms with Crippen molar-refractivity contribution in [3.05, 3.63) is 29.3 Å². The molecule has 0 radical (unpaired) electrons. The van der Waals surface area contributed by atoms with Crippen LogP contribution >= 0.6 is 0 Å². The maximum absolute atomic E-state index is 11.0. The van der Waals surface area contributed by atoms with Crippen LogP contribution in [0, 0.1) is 0 Å². The van der Waals surface area contributed by atoms with Crippen LogP contribution in [0.15, 0.2) is 18.2 Å². The highest BCUT2D eigenvalue weighted by atomic mass is 28.3. The molecule has 1 rings (SSSR count). The minimum Gasteiger partial charge on any atom is -0.468 e. The van der Waals surface area contributed by atoms with Crippen LogP contribution in [0.25, 0.3) is 0 Å². The third kappa shape index (κ3) is 7.44. The molecule has 118 valence electrons. The first-order valence-electron chi connectivity index (χ1n) is 7.75. The van der Waals surface area contributed by atoms with Gasteiger partial charge in [0.15, 0.2) is 6.79 Å². The monoisotopic (exact) mass is 308 g/mol. The van der Waals surface area contributed by atoms with Crippen LogP contribution in [0.5, 0.6) is 5.75 Å². The fourth-order valence-electron chi connectivity index (χ4n) is 1.92. The predicted molar refractivity (Wildman–Crippen MR) is 90.0 cm³/mol. The Morgan fingerprint density at radius 2 is 2.00 bits per heavy atom. The summed E-state index contributed by atoms with van der Waals surface area (Å²) in [6.45, 7) is 10.2. The number of aryl methyl sites for hydroxylation is 1. The second-order valence-corrected chi connectivity index (χ2v) is 12.2. The van der Waals surface area contributed by atoms with Gasteiger partial charge in [0.2, 0.25) is 0 Å². The van der Waals surface area contributed by atoms with Gasteiger partial charge in [-0.05, 0) is 42.6 Å². The van der Waals surface area contributed by atoms with Gasteiger partial charge < -0.3 is 9.47 Å². The number of carbonyl (C=O) groups is 1. The summed E-state index contributed by atoms with van der Waals surface area (Å²) in [5.41, 5.74) is 1.82. The summed E-state index contributed by atoms with van der Waals surface area (Å²) < 4.78 is 11.2. The molecule has 0 N–H and O–H groups in total. The Hall–Kier alpha value is -1.13. The maximum Gasteiger partial charge on any atom is 0.189 e. The van der Waals surface area contributed by atoms with Crippen molar-refractivity contribution in [3.8, 4) is 5.75 Å². The molecule has 0 saturated carbocycles. The molecular weight excluding hydrogens is 280 g/mol. The molecule has 21 heavy (non-hydrogen) atoms. The lowest BCUT2D eigenvalue weighted by atomic mass is 10.0. The largest absolute Gasteiger partial charge is 0.468 e. The van der Waals surface area contributed by atoms with Gasteiger partial charge >= 0.3 is 0 Å². The average Bonchev–Trinajstić information content (AvgIpc) is 2.43. The number of rotatable bonds is 10. The van der Waals surface area contributed by atoms with Gasteiger partial charge in [0, 0.05) is 20.2 Å². The highest BCUT2D eigenvalue weighted by Gasteiger charge is 2.12. The molecule has 0 amide bonds. The number of unbranched alkanes of at least 4 members (excludes halogenated alkanes) is 1. The molecular formula is C17H28O3Si. The van der Waals surface area contributed by atoms with Gasteiger partial charge in [-0.3, -0.25) is 4.79 Å². The molecule has 0 aromatic heterocycles. The molecule has 0 fully saturated rings. The van der Waals surface area contributed by atoms with Gasteiger partial charge in [0.1, 0.15) is 12.0 Å². The number of hydrogen-bond acceptors (Lipinski definition) is 3. The first kappa shape index (κ1) is 17.9. The van der Waals surface area contributed by atoms with Crippen LogP contribution in [-0.2, 0) is 11.2 Å². The summed E-state index contributed by atoms with van der Waals surface area (Å²) in [5, 5.41) is 0. The van der Waals surface area contributed by atoms with Crippen molar-refractivity contribution in [3.63, 3.8) is 0 Å². The standard InChI is InChI=1S/C17H28O3Si/c1-5-6-7-15-12-17(9-8-16(15)13-18)20-14-19-10-11-21(2,3)4/h8-9,12-13H,5-7,10-11,14H2,1-4H3. The molecule has 1 aromatic carbocycles. The molecule has 0 aliphatic carbocycles. The van der Waals surface area contributed by atoms with Crippen molar-refractivity contribution in [2.24, 2.45) is 0 Å². The summed E-state index contributed by atoms with van der Waals surface area (Å²) >= 11 is 0. The van der Waals surface area contributed by atoms with E-state index in [1.807, 2.05) is 18.2 Å². The van der Waals surface area contributed by atoms with Gasteiger partial charge in [-0.1, -0.05) is 33.0 Å². The zero-order chi connectivity index (χ0) is 15.7. The second kappa shape index (κ2) is 9.00. The molecule has 0 saturated heterocycles. The van der Waals surface area contributed by atoms with Crippen LogP contribution < -0.4 is 4.74 Å². The molecule has 1 aromatic rings. The minimum absolute atomic E-state index is 0.276. The topological polar surface area (TPSA) is 35.5 Å². The van der Waals surface area contributed by atoms with E-state index in [1.165, 1.54) is 0 Å². The SMILES string of the molecule is CCCCc1cc(OCOCC[Si](C)(C)C)ccc1C=O. The van der Waals surface area contributed by atoms with Crippen LogP contribution in [-0.4, -0.2) is 27.8 Å². The molecule has 4 heteroatoms. The summed E-state index contributed by atoms with van der Waals surface area (Å²) in [6, 6.07) is 6.76. The lowest BCUT2D eigenvalue weighted by molar-refractivity contribution is 0.0220. The molecule has 0 atom stereocenters. The van der Waals surface area contributed by atoms with Crippen molar-refractivity contribution in [2.75, 3.05) is 13.4 Å². The smallest absolute Gasteiger partial charge is 0.189 e. The number of aldehydes is 1. The normalized spacial score (nSPS) is 11.4. The zero-order valence-electron chi connectivity index (χ0n) is 13.8. The van der Waals surface area contributed by atoms with E-state index < -0.39 is 8.07 Å². The van der Waals surface area contributed by atoms with Crippen LogP contribution in [0.4, 0.5) is 0 Å². The Labute approximate surface area is 129 Å². The van der Waals surface area contributed by atoms with Crippen molar-refractivity contribution in [2.45, 2.75) is 51.9 Å². The third-order valence-corrected chi connectivity index (χ3v) is 5.05. The van der Waals surface area contributed by atoms with Gasteiger partial charge in [-0.2, -0.15) is 0 Å². The summed E-state index contributed by atoms with van der Waals surface area (Å²) in [5.74, 6) is 0.778. The maximum atomic E-state index is 11.0. The van der Waals surface area contributed by atoms with Gasteiger partial charge in [-0.25, -0.2) is 0 Å². The van der Waals surface area contributed by atoms with E-state index in [1.54, 1.807) is 0 Å². The van der Waals surface area contributed by atoms with E-state index in [4.69, 9.17) is 9.47 Å². The Morgan fingerprint density at radius 3 is 2.62 bits per heavy atom. The lowest BCUT2D eigenvalue weighted by Gasteiger charge is -2.15. The molecule has 0 heterocycles. The zero-order valence-corrected chi connectivity index (χ0v) is 14.8. The molecule has 0 aliphatic rings. The molecule has 3 nitrogen and oxygen atoms in total. The summed E-state index contributed by atoms with van der Waals surface area (Å²) in [7, 11) is -1.04. The lowest BCUT2D eigenvalue weighted by Crippen LogP contribution is -2.22. The Morgan fingerprint density at radius 1 is 1.24 bits per heavy atom. The molecule has 0 bridgehead atoms. The first-order valence-corrected chi connectivity index (χ1v) is 11.5. The molecule has 0 aliphatic heterocycles. The highest BCUT2D eigenvalue weighted by molar-refractivity contribution is 6.76. The van der Waals surface area contributed by atoms with Gasteiger partial charge in [-0.15, -0.1) is 0 Å². The van der Waals surface area contributed by atoms with Crippen molar-refractivity contribution in [1.82, 2.24) is 0 Å². The van der Waals surface area contributed by atoms with E-state index in [2.05, 4.69) is 26.6 Å². The quantitative estimate of drug-likeness (QED) is 0.276. The summed E-state index contributed by atoms with van der Waals surface area (Å²) in [6.07, 6.45) is 4.03. The fraction of sp³-hybridized carbons (Fsp3) is 0.588. The van der Waals surface area contributed by atoms with Crippen molar-refractivity contribution in [1.29, 1.82) is 0 Å². The van der Waals surface area contributed by atoms with Crippen LogP contribution in [0.1, 0.15) is 35.7 Å². The predicted octanol–water partition coefficient (Wildman–Crippen LogP) is 4.53. The summed E-state index contributed by atoms with van der Waals surface area (Å²) in [4.78, 5) is 11.0. The van der Waals surface area contributed by atoms with Crippen LogP contribution in [0.2, 0.25) is 25.7 Å². The molecule has 0 unspecified atom stereocenters.